The first kappa shape index (κ1) is 15.7. The van der Waals surface area contributed by atoms with Gasteiger partial charge in [-0.05, 0) is 11.1 Å². The van der Waals surface area contributed by atoms with Crippen molar-refractivity contribution in [3.05, 3.63) is 82.3 Å². The van der Waals surface area contributed by atoms with Crippen LogP contribution in [0.25, 0.3) is 11.1 Å². The first-order chi connectivity index (χ1) is 11.7. The van der Waals surface area contributed by atoms with Gasteiger partial charge >= 0.3 is 5.56 Å². The Hall–Kier alpha value is -3.21. The smallest absolute Gasteiger partial charge is 0.310 e. The van der Waals surface area contributed by atoms with Crippen molar-refractivity contribution in [2.24, 2.45) is 0 Å². The van der Waals surface area contributed by atoms with Crippen LogP contribution in [0.5, 0.6) is 5.75 Å². The molecule has 3 aromatic rings. The standard InChI is InChI=1S/C19H16N2O3/c1-24-18-17(16-10-6-5-9-15(16)13-22)11-20-21(19(18)23)12-14-7-3-2-4-8-14/h2-11,13H,12H2,1H3. The molecule has 5 nitrogen and oxygen atoms in total. The van der Waals surface area contributed by atoms with Crippen LogP contribution in [0.2, 0.25) is 0 Å². The van der Waals surface area contributed by atoms with Gasteiger partial charge in [0.05, 0.1) is 25.4 Å². The average molecular weight is 320 g/mol. The van der Waals surface area contributed by atoms with Crippen LogP contribution in [0.3, 0.4) is 0 Å². The molecular weight excluding hydrogens is 304 g/mol. The molecule has 2 aromatic carbocycles. The Kier molecular flexibility index (Phi) is 4.52. The van der Waals surface area contributed by atoms with E-state index in [1.165, 1.54) is 11.8 Å². The Balaban J connectivity index is 2.09. The normalized spacial score (nSPS) is 10.4. The highest BCUT2D eigenvalue weighted by molar-refractivity contribution is 5.88. The molecule has 0 amide bonds. The molecule has 5 heteroatoms. The first-order valence-electron chi connectivity index (χ1n) is 7.47. The van der Waals surface area contributed by atoms with E-state index < -0.39 is 0 Å². The minimum atomic E-state index is -0.334. The SMILES string of the molecule is COc1c(-c2ccccc2C=O)cnn(Cc2ccccc2)c1=O. The molecule has 0 aliphatic carbocycles. The summed E-state index contributed by atoms with van der Waals surface area (Å²) in [6.45, 7) is 0.353. The van der Waals surface area contributed by atoms with Gasteiger partial charge in [-0.3, -0.25) is 9.59 Å². The molecule has 1 aromatic heterocycles. The molecule has 3 rings (SSSR count). The summed E-state index contributed by atoms with van der Waals surface area (Å²) in [5.41, 5.74) is 2.25. The van der Waals surface area contributed by atoms with E-state index in [4.69, 9.17) is 4.74 Å². The van der Waals surface area contributed by atoms with Crippen molar-refractivity contribution in [2.75, 3.05) is 7.11 Å². The van der Waals surface area contributed by atoms with Crippen molar-refractivity contribution in [1.29, 1.82) is 0 Å². The number of aromatic nitrogens is 2. The van der Waals surface area contributed by atoms with Crippen molar-refractivity contribution in [3.8, 4) is 16.9 Å². The highest BCUT2D eigenvalue weighted by Crippen LogP contribution is 2.28. The maximum Gasteiger partial charge on any atom is 0.310 e. The van der Waals surface area contributed by atoms with Crippen molar-refractivity contribution < 1.29 is 9.53 Å². The molecule has 0 fully saturated rings. The fraction of sp³-hybridized carbons (Fsp3) is 0.105. The minimum Gasteiger partial charge on any atom is -0.491 e. The summed E-state index contributed by atoms with van der Waals surface area (Å²) in [6, 6.07) is 16.6. The van der Waals surface area contributed by atoms with Gasteiger partial charge in [-0.2, -0.15) is 5.10 Å². The number of methoxy groups -OCH3 is 1. The van der Waals surface area contributed by atoms with E-state index in [0.29, 0.717) is 23.2 Å². The Morgan fingerprint density at radius 2 is 1.75 bits per heavy atom. The molecule has 0 saturated heterocycles. The summed E-state index contributed by atoms with van der Waals surface area (Å²) in [4.78, 5) is 23.9. The molecule has 0 atom stereocenters. The monoisotopic (exact) mass is 320 g/mol. The second kappa shape index (κ2) is 6.91. The van der Waals surface area contributed by atoms with E-state index in [2.05, 4.69) is 5.10 Å². The topological polar surface area (TPSA) is 61.2 Å². The molecule has 0 spiro atoms. The summed E-state index contributed by atoms with van der Waals surface area (Å²) in [6.07, 6.45) is 2.32. The van der Waals surface area contributed by atoms with Crippen LogP contribution >= 0.6 is 0 Å². The van der Waals surface area contributed by atoms with Crippen molar-refractivity contribution in [2.45, 2.75) is 6.54 Å². The summed E-state index contributed by atoms with van der Waals surface area (Å²) >= 11 is 0. The fourth-order valence-electron chi connectivity index (χ4n) is 2.57. The number of carbonyl (C=O) groups excluding carboxylic acids is 1. The largest absolute Gasteiger partial charge is 0.491 e. The van der Waals surface area contributed by atoms with Gasteiger partial charge in [-0.15, -0.1) is 0 Å². The minimum absolute atomic E-state index is 0.176. The van der Waals surface area contributed by atoms with Gasteiger partial charge in [-0.1, -0.05) is 54.6 Å². The van der Waals surface area contributed by atoms with Crippen molar-refractivity contribution in [1.82, 2.24) is 9.78 Å². The number of nitrogens with zero attached hydrogens (tertiary/aromatic N) is 2. The van der Waals surface area contributed by atoms with Crippen LogP contribution in [-0.4, -0.2) is 23.2 Å². The van der Waals surface area contributed by atoms with Crippen LogP contribution < -0.4 is 10.3 Å². The van der Waals surface area contributed by atoms with Crippen LogP contribution in [0.15, 0.2) is 65.6 Å². The zero-order valence-electron chi connectivity index (χ0n) is 13.2. The third-order valence-electron chi connectivity index (χ3n) is 3.76. The molecule has 0 N–H and O–H groups in total. The molecule has 0 bridgehead atoms. The van der Waals surface area contributed by atoms with Crippen molar-refractivity contribution in [3.63, 3.8) is 0 Å². The van der Waals surface area contributed by atoms with Gasteiger partial charge in [0, 0.05) is 5.56 Å². The first-order valence-corrected chi connectivity index (χ1v) is 7.47. The lowest BCUT2D eigenvalue weighted by Gasteiger charge is -2.12. The molecule has 0 unspecified atom stereocenters. The van der Waals surface area contributed by atoms with Crippen LogP contribution in [0.4, 0.5) is 0 Å². The Bertz CT molecular complexity index is 917. The highest BCUT2D eigenvalue weighted by Gasteiger charge is 2.16. The summed E-state index contributed by atoms with van der Waals surface area (Å²) in [5, 5.41) is 4.24. The van der Waals surface area contributed by atoms with E-state index in [-0.39, 0.29) is 11.3 Å². The Morgan fingerprint density at radius 3 is 2.46 bits per heavy atom. The number of aldehydes is 1. The lowest BCUT2D eigenvalue weighted by atomic mass is 10.0. The second-order valence-corrected chi connectivity index (χ2v) is 5.24. The molecule has 0 aliphatic heterocycles. The zero-order chi connectivity index (χ0) is 16.9. The predicted molar refractivity (Wildman–Crippen MR) is 91.4 cm³/mol. The van der Waals surface area contributed by atoms with Crippen LogP contribution in [-0.2, 0) is 6.54 Å². The quantitative estimate of drug-likeness (QED) is 0.678. The van der Waals surface area contributed by atoms with E-state index in [0.717, 1.165) is 11.8 Å². The van der Waals surface area contributed by atoms with Gasteiger partial charge in [0.25, 0.3) is 0 Å². The van der Waals surface area contributed by atoms with Gasteiger partial charge in [0.2, 0.25) is 0 Å². The number of hydrogen-bond donors (Lipinski definition) is 0. The van der Waals surface area contributed by atoms with Crippen LogP contribution in [0.1, 0.15) is 15.9 Å². The fourth-order valence-corrected chi connectivity index (χ4v) is 2.57. The maximum atomic E-state index is 12.7. The van der Waals surface area contributed by atoms with Gasteiger partial charge < -0.3 is 4.74 Å². The maximum absolute atomic E-state index is 12.7. The number of carbonyl (C=O) groups is 1. The molecule has 1 heterocycles. The number of benzene rings is 2. The van der Waals surface area contributed by atoms with E-state index in [9.17, 15) is 9.59 Å². The predicted octanol–water partition coefficient (Wildman–Crippen LogP) is 2.78. The van der Waals surface area contributed by atoms with Gasteiger partial charge in [-0.25, -0.2) is 4.68 Å². The molecule has 0 aliphatic rings. The average Bonchev–Trinajstić information content (AvgIpc) is 2.64. The van der Waals surface area contributed by atoms with E-state index >= 15 is 0 Å². The van der Waals surface area contributed by atoms with E-state index in [1.54, 1.807) is 30.5 Å². The van der Waals surface area contributed by atoms with E-state index in [1.807, 2.05) is 30.3 Å². The van der Waals surface area contributed by atoms with Gasteiger partial charge in [0.1, 0.15) is 0 Å². The molecule has 0 radical (unpaired) electrons. The molecule has 24 heavy (non-hydrogen) atoms. The summed E-state index contributed by atoms with van der Waals surface area (Å²) < 4.78 is 6.67. The van der Waals surface area contributed by atoms with Crippen molar-refractivity contribution >= 4 is 6.29 Å². The Labute approximate surface area is 139 Å². The third kappa shape index (κ3) is 2.96. The lowest BCUT2D eigenvalue weighted by molar-refractivity contribution is 0.112. The van der Waals surface area contributed by atoms with Gasteiger partial charge in [0.15, 0.2) is 12.0 Å². The summed E-state index contributed by atoms with van der Waals surface area (Å²) in [7, 11) is 1.44. The Morgan fingerprint density at radius 1 is 1.04 bits per heavy atom. The molecule has 120 valence electrons. The lowest BCUT2D eigenvalue weighted by Crippen LogP contribution is -2.25. The number of hydrogen-bond acceptors (Lipinski definition) is 4. The third-order valence-corrected chi connectivity index (χ3v) is 3.76. The zero-order valence-corrected chi connectivity index (χ0v) is 13.2. The summed E-state index contributed by atoms with van der Waals surface area (Å²) in [5.74, 6) is 0.176. The number of ether oxygens (including phenoxy) is 1. The highest BCUT2D eigenvalue weighted by atomic mass is 16.5. The second-order valence-electron chi connectivity index (χ2n) is 5.24. The molecular formula is C19H16N2O3. The number of rotatable bonds is 5. The molecule has 0 saturated carbocycles. The van der Waals surface area contributed by atoms with Crippen LogP contribution in [0, 0.1) is 0 Å².